The van der Waals surface area contributed by atoms with E-state index in [1.54, 1.807) is 0 Å². The first-order chi connectivity index (χ1) is 8.68. The first kappa shape index (κ1) is 11.3. The number of Topliss-reactive ketones (excluding diaryl/α,β-unsaturated/α-hetero) is 1. The molecule has 2 aromatic rings. The van der Waals surface area contributed by atoms with Crippen molar-refractivity contribution in [2.24, 2.45) is 0 Å². The molecule has 2 heterocycles. The third-order valence-electron chi connectivity index (χ3n) is 3.84. The van der Waals surface area contributed by atoms with Gasteiger partial charge in [-0.05, 0) is 32.8 Å². The first-order valence-corrected chi connectivity index (χ1v) is 6.41. The molecule has 3 rings (SSSR count). The van der Waals surface area contributed by atoms with Gasteiger partial charge in [-0.2, -0.15) is 5.10 Å². The van der Waals surface area contributed by atoms with Crippen LogP contribution in [0.4, 0.5) is 0 Å². The maximum atomic E-state index is 11.9. The average molecular weight is 243 g/mol. The highest BCUT2D eigenvalue weighted by molar-refractivity contribution is 5.98. The molecule has 0 aliphatic heterocycles. The molecule has 0 saturated heterocycles. The lowest BCUT2D eigenvalue weighted by Gasteiger charge is -2.21. The highest BCUT2D eigenvalue weighted by Crippen LogP contribution is 2.30. The van der Waals surface area contributed by atoms with Crippen LogP contribution in [0.15, 0.2) is 18.5 Å². The van der Waals surface area contributed by atoms with Crippen molar-refractivity contribution in [1.29, 1.82) is 0 Å². The molecule has 1 aliphatic rings. The molecular weight excluding hydrogens is 226 g/mol. The van der Waals surface area contributed by atoms with Crippen LogP contribution in [-0.2, 0) is 6.42 Å². The molecule has 0 radical (unpaired) electrons. The van der Waals surface area contributed by atoms with Crippen LogP contribution in [0.2, 0.25) is 0 Å². The van der Waals surface area contributed by atoms with Gasteiger partial charge in [0.15, 0.2) is 5.78 Å². The number of aryl methyl sites for hydroxylation is 1. The molecule has 0 bridgehead atoms. The van der Waals surface area contributed by atoms with E-state index in [2.05, 4.69) is 28.6 Å². The summed E-state index contributed by atoms with van der Waals surface area (Å²) in [6.45, 7) is 4.22. The highest BCUT2D eigenvalue weighted by Gasteiger charge is 2.25. The maximum absolute atomic E-state index is 11.9. The van der Waals surface area contributed by atoms with Gasteiger partial charge in [-0.3, -0.25) is 9.89 Å². The Kier molecular flexibility index (Phi) is 2.58. The van der Waals surface area contributed by atoms with E-state index in [4.69, 9.17) is 0 Å². The highest BCUT2D eigenvalue weighted by atomic mass is 16.1. The Labute approximate surface area is 106 Å². The Bertz CT molecular complexity index is 580. The maximum Gasteiger partial charge on any atom is 0.164 e. The summed E-state index contributed by atoms with van der Waals surface area (Å²) in [5.74, 6) is 0.289. The van der Waals surface area contributed by atoms with Crippen LogP contribution in [0.1, 0.15) is 53.1 Å². The molecule has 4 nitrogen and oxygen atoms in total. The minimum atomic E-state index is 0.221. The normalized spacial score (nSPS) is 16.7. The summed E-state index contributed by atoms with van der Waals surface area (Å²) in [5.41, 5.74) is 4.42. The fraction of sp³-hybridized carbons (Fsp3) is 0.429. The zero-order valence-electron chi connectivity index (χ0n) is 10.7. The van der Waals surface area contributed by atoms with Crippen LogP contribution in [0.5, 0.6) is 0 Å². The van der Waals surface area contributed by atoms with Crippen LogP contribution in [0.25, 0.3) is 0 Å². The number of nitrogens with one attached hydrogen (secondary N) is 1. The van der Waals surface area contributed by atoms with Crippen molar-refractivity contribution in [1.82, 2.24) is 14.8 Å². The van der Waals surface area contributed by atoms with Crippen molar-refractivity contribution < 1.29 is 4.79 Å². The van der Waals surface area contributed by atoms with Gasteiger partial charge in [0.05, 0.1) is 12.2 Å². The van der Waals surface area contributed by atoms with Crippen molar-refractivity contribution in [2.45, 2.75) is 39.2 Å². The number of aromatic amines is 1. The lowest BCUT2D eigenvalue weighted by molar-refractivity contribution is 0.0971. The Morgan fingerprint density at radius 2 is 2.28 bits per heavy atom. The molecule has 0 saturated carbocycles. The summed E-state index contributed by atoms with van der Waals surface area (Å²) in [4.78, 5) is 11.9. The number of rotatable bonds is 2. The number of H-pyrrole nitrogens is 1. The fourth-order valence-electron chi connectivity index (χ4n) is 2.93. The number of carbonyl (C=O) groups is 1. The minimum Gasteiger partial charge on any atom is -0.341 e. The number of fused-ring (bicyclic) bond motifs is 1. The summed E-state index contributed by atoms with van der Waals surface area (Å²) in [6, 6.07) is 2.26. The van der Waals surface area contributed by atoms with E-state index in [1.807, 2.05) is 18.5 Å². The van der Waals surface area contributed by atoms with Gasteiger partial charge < -0.3 is 4.57 Å². The molecule has 0 amide bonds. The van der Waals surface area contributed by atoms with E-state index in [0.717, 1.165) is 29.7 Å². The molecule has 18 heavy (non-hydrogen) atoms. The lowest BCUT2D eigenvalue weighted by atomic mass is 9.96. The molecular formula is C14H17N3O. The summed E-state index contributed by atoms with van der Waals surface area (Å²) >= 11 is 0. The molecule has 94 valence electrons. The number of hydrogen-bond acceptors (Lipinski definition) is 2. The van der Waals surface area contributed by atoms with Gasteiger partial charge in [0.25, 0.3) is 0 Å². The van der Waals surface area contributed by atoms with Crippen LogP contribution >= 0.6 is 0 Å². The molecule has 2 aromatic heterocycles. The molecule has 0 aromatic carbocycles. The van der Waals surface area contributed by atoms with Crippen LogP contribution in [-0.4, -0.2) is 20.5 Å². The molecule has 1 aliphatic carbocycles. The van der Waals surface area contributed by atoms with Crippen LogP contribution < -0.4 is 0 Å². The van der Waals surface area contributed by atoms with Crippen molar-refractivity contribution in [3.63, 3.8) is 0 Å². The van der Waals surface area contributed by atoms with Gasteiger partial charge in [-0.1, -0.05) is 0 Å². The van der Waals surface area contributed by atoms with E-state index in [1.165, 1.54) is 5.69 Å². The number of hydrogen-bond donors (Lipinski definition) is 1. The van der Waals surface area contributed by atoms with E-state index >= 15 is 0 Å². The lowest BCUT2D eigenvalue weighted by Crippen LogP contribution is -2.16. The monoisotopic (exact) mass is 243 g/mol. The Balaban J connectivity index is 2.10. The van der Waals surface area contributed by atoms with Crippen molar-refractivity contribution in [2.75, 3.05) is 0 Å². The third-order valence-corrected chi connectivity index (χ3v) is 3.84. The Morgan fingerprint density at radius 1 is 1.44 bits per heavy atom. The molecule has 1 unspecified atom stereocenters. The van der Waals surface area contributed by atoms with Crippen molar-refractivity contribution in [3.05, 3.63) is 41.0 Å². The smallest absolute Gasteiger partial charge is 0.164 e. The average Bonchev–Trinajstić information content (AvgIpc) is 2.96. The summed E-state index contributed by atoms with van der Waals surface area (Å²) in [5, 5.41) is 6.86. The standard InChI is InChI=1S/C14H17N3O/c1-9-6-12-13(4-3-5-14(12)18)17(9)10(2)11-7-15-16-8-11/h6-8,10H,3-5H2,1-2H3,(H,15,16). The molecule has 0 spiro atoms. The minimum absolute atomic E-state index is 0.221. The largest absolute Gasteiger partial charge is 0.341 e. The van der Waals surface area contributed by atoms with E-state index < -0.39 is 0 Å². The van der Waals surface area contributed by atoms with Gasteiger partial charge in [0.1, 0.15) is 0 Å². The molecule has 0 fully saturated rings. The second-order valence-corrected chi connectivity index (χ2v) is 5.00. The van der Waals surface area contributed by atoms with Gasteiger partial charge in [0, 0.05) is 35.1 Å². The van der Waals surface area contributed by atoms with E-state index in [-0.39, 0.29) is 11.8 Å². The Hall–Kier alpha value is -1.84. The van der Waals surface area contributed by atoms with Crippen LogP contribution in [0, 0.1) is 6.92 Å². The molecule has 1 N–H and O–H groups in total. The van der Waals surface area contributed by atoms with E-state index in [0.29, 0.717) is 6.42 Å². The van der Waals surface area contributed by atoms with Crippen molar-refractivity contribution in [3.8, 4) is 0 Å². The predicted octanol–water partition coefficient (Wildman–Crippen LogP) is 2.65. The topological polar surface area (TPSA) is 50.7 Å². The van der Waals surface area contributed by atoms with E-state index in [9.17, 15) is 4.79 Å². The second kappa shape index (κ2) is 4.12. The van der Waals surface area contributed by atoms with Gasteiger partial charge in [0.2, 0.25) is 0 Å². The number of aromatic nitrogens is 3. The predicted molar refractivity (Wildman–Crippen MR) is 68.8 cm³/mol. The zero-order chi connectivity index (χ0) is 12.7. The summed E-state index contributed by atoms with van der Waals surface area (Å²) < 4.78 is 2.28. The second-order valence-electron chi connectivity index (χ2n) is 5.00. The van der Waals surface area contributed by atoms with Gasteiger partial charge >= 0.3 is 0 Å². The summed E-state index contributed by atoms with van der Waals surface area (Å²) in [7, 11) is 0. The van der Waals surface area contributed by atoms with Crippen LogP contribution in [0.3, 0.4) is 0 Å². The van der Waals surface area contributed by atoms with Gasteiger partial charge in [-0.25, -0.2) is 0 Å². The van der Waals surface area contributed by atoms with Crippen molar-refractivity contribution >= 4 is 5.78 Å². The quantitative estimate of drug-likeness (QED) is 0.881. The van der Waals surface area contributed by atoms with Gasteiger partial charge in [-0.15, -0.1) is 0 Å². The fourth-order valence-corrected chi connectivity index (χ4v) is 2.93. The first-order valence-electron chi connectivity index (χ1n) is 6.41. The molecule has 1 atom stereocenters. The molecule has 4 heteroatoms. The SMILES string of the molecule is Cc1cc2c(n1C(C)c1cn[nH]c1)CCCC2=O. The Morgan fingerprint density at radius 3 is 3.00 bits per heavy atom. The number of nitrogens with zero attached hydrogens (tertiary/aromatic N) is 2. The number of ketones is 1. The third kappa shape index (κ3) is 1.60. The number of carbonyl (C=O) groups excluding carboxylic acids is 1. The summed E-state index contributed by atoms with van der Waals surface area (Å²) in [6.07, 6.45) is 6.42. The zero-order valence-corrected chi connectivity index (χ0v) is 10.7.